The minimum absolute atomic E-state index is 0.201. The molecule has 0 aromatic heterocycles. The SMILES string of the molecule is C[C@@H]1CC[C@H]2[C@@H]3C(C#N)=C(C#N)[C@@H](C[C@@H]31)C2(C)C. The van der Waals surface area contributed by atoms with E-state index in [4.69, 9.17) is 0 Å². The zero-order valence-corrected chi connectivity index (χ0v) is 11.4. The third-order valence-corrected chi connectivity index (χ3v) is 6.13. The van der Waals surface area contributed by atoms with Crippen molar-refractivity contribution in [1.82, 2.24) is 0 Å². The minimum atomic E-state index is 0.201. The van der Waals surface area contributed by atoms with Crippen LogP contribution in [0.2, 0.25) is 0 Å². The van der Waals surface area contributed by atoms with Gasteiger partial charge in [0.1, 0.15) is 0 Å². The van der Waals surface area contributed by atoms with Gasteiger partial charge >= 0.3 is 0 Å². The molecule has 0 aliphatic heterocycles. The van der Waals surface area contributed by atoms with Gasteiger partial charge in [-0.05, 0) is 36.0 Å². The zero-order valence-electron chi connectivity index (χ0n) is 11.4. The lowest BCUT2D eigenvalue weighted by Gasteiger charge is -2.60. The van der Waals surface area contributed by atoms with Crippen molar-refractivity contribution in [1.29, 1.82) is 10.5 Å². The molecule has 5 atom stereocenters. The molecule has 0 aromatic rings. The topological polar surface area (TPSA) is 47.6 Å². The van der Waals surface area contributed by atoms with Gasteiger partial charge in [0, 0.05) is 23.0 Å². The molecule has 0 unspecified atom stereocenters. The molecule has 4 aliphatic rings. The zero-order chi connectivity index (χ0) is 13.1. The molecule has 0 amide bonds. The van der Waals surface area contributed by atoms with E-state index in [1.54, 1.807) is 0 Å². The molecule has 2 saturated carbocycles. The van der Waals surface area contributed by atoms with Crippen molar-refractivity contribution in [3.05, 3.63) is 11.1 Å². The molecule has 2 nitrogen and oxygen atoms in total. The van der Waals surface area contributed by atoms with Gasteiger partial charge in [0.05, 0.1) is 12.1 Å². The Kier molecular flexibility index (Phi) is 2.36. The van der Waals surface area contributed by atoms with Crippen LogP contribution in [0.25, 0.3) is 0 Å². The summed E-state index contributed by atoms with van der Waals surface area (Å²) in [4.78, 5) is 0. The maximum Gasteiger partial charge on any atom is 0.0960 e. The monoisotopic (exact) mass is 240 g/mol. The first-order valence-electron chi connectivity index (χ1n) is 7.06. The summed E-state index contributed by atoms with van der Waals surface area (Å²) in [6.45, 7) is 6.95. The summed E-state index contributed by atoms with van der Waals surface area (Å²) in [5.41, 5.74) is 1.86. The van der Waals surface area contributed by atoms with Gasteiger partial charge < -0.3 is 0 Å². The van der Waals surface area contributed by atoms with E-state index < -0.39 is 0 Å². The van der Waals surface area contributed by atoms with Crippen LogP contribution in [0.3, 0.4) is 0 Å². The lowest BCUT2D eigenvalue weighted by molar-refractivity contribution is -0.0647. The predicted octanol–water partition coefficient (Wildman–Crippen LogP) is 3.67. The van der Waals surface area contributed by atoms with E-state index in [0.717, 1.165) is 17.6 Å². The molecule has 4 aliphatic carbocycles. The van der Waals surface area contributed by atoms with Crippen molar-refractivity contribution in [2.24, 2.45) is 35.0 Å². The van der Waals surface area contributed by atoms with Gasteiger partial charge in [0.2, 0.25) is 0 Å². The van der Waals surface area contributed by atoms with Crippen LogP contribution in [-0.2, 0) is 0 Å². The van der Waals surface area contributed by atoms with Crippen LogP contribution in [0.1, 0.15) is 40.0 Å². The van der Waals surface area contributed by atoms with Crippen LogP contribution < -0.4 is 0 Å². The molecule has 4 rings (SSSR count). The number of rotatable bonds is 0. The second kappa shape index (κ2) is 3.61. The fourth-order valence-corrected chi connectivity index (χ4v) is 5.08. The molecular weight excluding hydrogens is 220 g/mol. The second-order valence-electron chi connectivity index (χ2n) is 7.01. The van der Waals surface area contributed by atoms with Crippen molar-refractivity contribution < 1.29 is 0 Å². The van der Waals surface area contributed by atoms with Crippen LogP contribution in [0.15, 0.2) is 11.1 Å². The summed E-state index contributed by atoms with van der Waals surface area (Å²) in [7, 11) is 0. The minimum Gasteiger partial charge on any atom is -0.193 e. The smallest absolute Gasteiger partial charge is 0.0960 e. The highest BCUT2D eigenvalue weighted by atomic mass is 14.6. The first-order chi connectivity index (χ1) is 8.52. The summed E-state index contributed by atoms with van der Waals surface area (Å²) in [5.74, 6) is 2.67. The Morgan fingerprint density at radius 3 is 2.39 bits per heavy atom. The summed E-state index contributed by atoms with van der Waals surface area (Å²) in [6, 6.07) is 4.73. The number of hydrogen-bond donors (Lipinski definition) is 0. The first kappa shape index (κ1) is 11.8. The van der Waals surface area contributed by atoms with Gasteiger partial charge in [-0.2, -0.15) is 10.5 Å². The van der Waals surface area contributed by atoms with Crippen molar-refractivity contribution in [3.8, 4) is 12.1 Å². The summed E-state index contributed by atoms with van der Waals surface area (Å²) >= 11 is 0. The van der Waals surface area contributed by atoms with Crippen molar-refractivity contribution in [3.63, 3.8) is 0 Å². The van der Waals surface area contributed by atoms with E-state index in [1.807, 2.05) is 0 Å². The van der Waals surface area contributed by atoms with Crippen molar-refractivity contribution >= 4 is 0 Å². The molecular formula is C16H20N2. The van der Waals surface area contributed by atoms with Gasteiger partial charge in [-0.15, -0.1) is 0 Å². The third kappa shape index (κ3) is 1.22. The van der Waals surface area contributed by atoms with E-state index in [-0.39, 0.29) is 5.41 Å². The second-order valence-corrected chi connectivity index (χ2v) is 7.01. The van der Waals surface area contributed by atoms with Crippen LogP contribution in [-0.4, -0.2) is 0 Å². The first-order valence-corrected chi connectivity index (χ1v) is 7.06. The lowest BCUT2D eigenvalue weighted by atomic mass is 9.42. The molecule has 0 saturated heterocycles. The van der Waals surface area contributed by atoms with Gasteiger partial charge in [-0.1, -0.05) is 27.2 Å². The fourth-order valence-electron chi connectivity index (χ4n) is 5.08. The Bertz CT molecular complexity index is 500. The maximum atomic E-state index is 9.47. The van der Waals surface area contributed by atoms with Crippen LogP contribution in [0.4, 0.5) is 0 Å². The highest BCUT2D eigenvalue weighted by molar-refractivity contribution is 5.47. The van der Waals surface area contributed by atoms with E-state index in [0.29, 0.717) is 29.6 Å². The number of allylic oxidation sites excluding steroid dienone is 2. The molecule has 0 radical (unpaired) electrons. The third-order valence-electron chi connectivity index (χ3n) is 6.13. The number of hydrogen-bond acceptors (Lipinski definition) is 2. The molecule has 4 bridgehead atoms. The molecule has 2 heteroatoms. The average Bonchev–Trinajstić information content (AvgIpc) is 2.35. The number of nitriles is 2. The van der Waals surface area contributed by atoms with Crippen LogP contribution in [0, 0.1) is 57.7 Å². The molecule has 94 valence electrons. The normalized spacial score (nSPS) is 44.4. The summed E-state index contributed by atoms with van der Waals surface area (Å²) < 4.78 is 0. The van der Waals surface area contributed by atoms with Gasteiger partial charge in [0.25, 0.3) is 0 Å². The van der Waals surface area contributed by atoms with Gasteiger partial charge in [-0.25, -0.2) is 0 Å². The molecule has 0 heterocycles. The number of nitrogens with zero attached hydrogens (tertiary/aromatic N) is 2. The Balaban J connectivity index is 2.19. The van der Waals surface area contributed by atoms with E-state index in [9.17, 15) is 10.5 Å². The Morgan fingerprint density at radius 2 is 1.78 bits per heavy atom. The van der Waals surface area contributed by atoms with Gasteiger partial charge in [0.15, 0.2) is 0 Å². The summed E-state index contributed by atoms with van der Waals surface area (Å²) in [6.07, 6.45) is 3.65. The van der Waals surface area contributed by atoms with Gasteiger partial charge in [-0.3, -0.25) is 0 Å². The van der Waals surface area contributed by atoms with Crippen molar-refractivity contribution in [2.75, 3.05) is 0 Å². The highest BCUT2D eigenvalue weighted by Gasteiger charge is 2.59. The Morgan fingerprint density at radius 1 is 1.11 bits per heavy atom. The van der Waals surface area contributed by atoms with E-state index in [2.05, 4.69) is 32.9 Å². The van der Waals surface area contributed by atoms with E-state index in [1.165, 1.54) is 12.8 Å². The highest BCUT2D eigenvalue weighted by Crippen LogP contribution is 2.65. The van der Waals surface area contributed by atoms with Crippen LogP contribution in [0.5, 0.6) is 0 Å². The van der Waals surface area contributed by atoms with E-state index >= 15 is 0 Å². The Hall–Kier alpha value is -1.28. The molecule has 18 heavy (non-hydrogen) atoms. The largest absolute Gasteiger partial charge is 0.193 e. The maximum absolute atomic E-state index is 9.47. The average molecular weight is 240 g/mol. The standard InChI is InChI=1S/C16H20N2/c1-9-4-5-13-15-10(9)6-14(16(13,2)3)11(7-17)12(15)8-18/h9-10,13-15H,4-6H2,1-3H3/t9-,10-,13+,14-,15+/m1/s1. The molecule has 2 fully saturated rings. The Labute approximate surface area is 109 Å². The summed E-state index contributed by atoms with van der Waals surface area (Å²) in [5, 5.41) is 18.9. The predicted molar refractivity (Wildman–Crippen MR) is 69.0 cm³/mol. The molecule has 0 spiro atoms. The van der Waals surface area contributed by atoms with Crippen LogP contribution >= 0.6 is 0 Å². The molecule has 0 N–H and O–H groups in total. The quantitative estimate of drug-likeness (QED) is 0.648. The fraction of sp³-hybridized carbons (Fsp3) is 0.750. The van der Waals surface area contributed by atoms with Crippen molar-refractivity contribution in [2.45, 2.75) is 40.0 Å². The molecule has 0 aromatic carbocycles. The lowest BCUT2D eigenvalue weighted by Crippen LogP contribution is -2.55.